The fraction of sp³-hybridized carbons (Fsp3) is 0.571. The normalized spacial score (nSPS) is 10.8. The lowest BCUT2D eigenvalue weighted by atomic mass is 10.1. The minimum absolute atomic E-state index is 0.741. The third kappa shape index (κ3) is 4.75. The molecule has 0 aliphatic rings. The highest BCUT2D eigenvalue weighted by Crippen LogP contribution is 2.16. The van der Waals surface area contributed by atoms with E-state index in [2.05, 4.69) is 48.3 Å². The van der Waals surface area contributed by atoms with Crippen LogP contribution in [0.3, 0.4) is 0 Å². The maximum Gasteiger partial charge on any atom is 0.0385 e. The largest absolute Gasteiger partial charge is 0.385 e. The number of benzene rings is 1. The standard InChI is InChI=1S/C14H25N3/c1-3-17(4-2)12-13-8-5-6-9-14(13)16-11-7-10-15/h5-6,8-9,16H,3-4,7,10-12,15H2,1-2H3. The zero-order valence-corrected chi connectivity index (χ0v) is 11.1. The summed E-state index contributed by atoms with van der Waals surface area (Å²) in [6.45, 7) is 9.29. The molecule has 0 saturated heterocycles. The lowest BCUT2D eigenvalue weighted by Gasteiger charge is -2.20. The maximum absolute atomic E-state index is 5.51. The van der Waals surface area contributed by atoms with E-state index in [1.165, 1.54) is 11.3 Å². The summed E-state index contributed by atoms with van der Waals surface area (Å²) in [5.74, 6) is 0. The van der Waals surface area contributed by atoms with Crippen molar-refractivity contribution in [2.75, 3.05) is 31.5 Å². The highest BCUT2D eigenvalue weighted by molar-refractivity contribution is 5.50. The fourth-order valence-electron chi connectivity index (χ4n) is 1.84. The topological polar surface area (TPSA) is 41.3 Å². The van der Waals surface area contributed by atoms with Crippen molar-refractivity contribution in [2.45, 2.75) is 26.8 Å². The van der Waals surface area contributed by atoms with Gasteiger partial charge in [0, 0.05) is 18.8 Å². The second-order valence-electron chi connectivity index (χ2n) is 4.19. The molecule has 17 heavy (non-hydrogen) atoms. The quantitative estimate of drug-likeness (QED) is 0.679. The molecule has 3 N–H and O–H groups in total. The summed E-state index contributed by atoms with van der Waals surface area (Å²) in [7, 11) is 0. The van der Waals surface area contributed by atoms with Gasteiger partial charge in [-0.05, 0) is 37.7 Å². The van der Waals surface area contributed by atoms with Gasteiger partial charge < -0.3 is 11.1 Å². The summed E-state index contributed by atoms with van der Waals surface area (Å²) in [6, 6.07) is 8.53. The van der Waals surface area contributed by atoms with Crippen LogP contribution < -0.4 is 11.1 Å². The van der Waals surface area contributed by atoms with Crippen LogP contribution in [0.5, 0.6) is 0 Å². The lowest BCUT2D eigenvalue weighted by molar-refractivity contribution is 0.296. The first kappa shape index (κ1) is 14.0. The van der Waals surface area contributed by atoms with Crippen LogP contribution in [0.2, 0.25) is 0 Å². The number of nitrogens with two attached hydrogens (primary N) is 1. The molecular weight excluding hydrogens is 210 g/mol. The number of nitrogens with zero attached hydrogens (tertiary/aromatic N) is 1. The fourth-order valence-corrected chi connectivity index (χ4v) is 1.84. The number of rotatable bonds is 8. The molecule has 0 atom stereocenters. The Bertz CT molecular complexity index is 308. The van der Waals surface area contributed by atoms with Crippen molar-refractivity contribution >= 4 is 5.69 Å². The van der Waals surface area contributed by atoms with Crippen LogP contribution in [0.25, 0.3) is 0 Å². The van der Waals surface area contributed by atoms with E-state index < -0.39 is 0 Å². The predicted octanol–water partition coefficient (Wildman–Crippen LogP) is 2.29. The number of hydrogen-bond donors (Lipinski definition) is 2. The monoisotopic (exact) mass is 235 g/mol. The minimum Gasteiger partial charge on any atom is -0.385 e. The molecule has 0 fully saturated rings. The highest BCUT2D eigenvalue weighted by Gasteiger charge is 2.05. The lowest BCUT2D eigenvalue weighted by Crippen LogP contribution is -2.23. The Labute approximate surface area is 105 Å². The number of para-hydroxylation sites is 1. The zero-order chi connectivity index (χ0) is 12.5. The van der Waals surface area contributed by atoms with Gasteiger partial charge in [0.05, 0.1) is 0 Å². The molecule has 0 aliphatic carbocycles. The van der Waals surface area contributed by atoms with Gasteiger partial charge in [0.1, 0.15) is 0 Å². The SMILES string of the molecule is CCN(CC)Cc1ccccc1NCCCN. The smallest absolute Gasteiger partial charge is 0.0385 e. The van der Waals surface area contributed by atoms with Gasteiger partial charge in [0.15, 0.2) is 0 Å². The van der Waals surface area contributed by atoms with Crippen LogP contribution in [-0.4, -0.2) is 31.1 Å². The molecule has 3 heteroatoms. The molecule has 0 spiro atoms. The van der Waals surface area contributed by atoms with E-state index in [0.717, 1.165) is 39.1 Å². The Morgan fingerprint density at radius 2 is 1.88 bits per heavy atom. The Morgan fingerprint density at radius 1 is 1.18 bits per heavy atom. The van der Waals surface area contributed by atoms with Gasteiger partial charge in [-0.15, -0.1) is 0 Å². The van der Waals surface area contributed by atoms with Crippen LogP contribution in [-0.2, 0) is 6.54 Å². The molecule has 0 radical (unpaired) electrons. The van der Waals surface area contributed by atoms with Crippen molar-refractivity contribution in [3.8, 4) is 0 Å². The van der Waals surface area contributed by atoms with Crippen LogP contribution in [0.15, 0.2) is 24.3 Å². The molecule has 0 saturated carbocycles. The van der Waals surface area contributed by atoms with Crippen molar-refractivity contribution in [1.82, 2.24) is 4.90 Å². The average Bonchev–Trinajstić information content (AvgIpc) is 2.38. The van der Waals surface area contributed by atoms with E-state index in [-0.39, 0.29) is 0 Å². The van der Waals surface area contributed by atoms with E-state index in [9.17, 15) is 0 Å². The van der Waals surface area contributed by atoms with Crippen molar-refractivity contribution in [2.24, 2.45) is 5.73 Å². The van der Waals surface area contributed by atoms with Gasteiger partial charge in [-0.2, -0.15) is 0 Å². The molecule has 0 unspecified atom stereocenters. The molecule has 0 aromatic heterocycles. The average molecular weight is 235 g/mol. The molecule has 1 rings (SSSR count). The summed E-state index contributed by atoms with van der Waals surface area (Å²) >= 11 is 0. The Morgan fingerprint density at radius 3 is 2.53 bits per heavy atom. The van der Waals surface area contributed by atoms with Crippen molar-refractivity contribution in [1.29, 1.82) is 0 Å². The molecule has 3 nitrogen and oxygen atoms in total. The number of anilines is 1. The van der Waals surface area contributed by atoms with Crippen LogP contribution in [0, 0.1) is 0 Å². The van der Waals surface area contributed by atoms with E-state index in [1.807, 2.05) is 0 Å². The van der Waals surface area contributed by atoms with Crippen molar-refractivity contribution < 1.29 is 0 Å². The Balaban J connectivity index is 2.63. The second kappa shape index (κ2) is 8.09. The summed E-state index contributed by atoms with van der Waals surface area (Å²) < 4.78 is 0. The molecule has 1 aromatic rings. The third-order valence-electron chi connectivity index (χ3n) is 3.00. The highest BCUT2D eigenvalue weighted by atomic mass is 15.1. The minimum atomic E-state index is 0.741. The number of hydrogen-bond acceptors (Lipinski definition) is 3. The summed E-state index contributed by atoms with van der Waals surface area (Å²) in [6.07, 6.45) is 1.01. The maximum atomic E-state index is 5.51. The molecule has 1 aromatic carbocycles. The zero-order valence-electron chi connectivity index (χ0n) is 11.1. The predicted molar refractivity (Wildman–Crippen MR) is 75.2 cm³/mol. The van der Waals surface area contributed by atoms with Gasteiger partial charge in [0.2, 0.25) is 0 Å². The number of nitrogens with one attached hydrogen (secondary N) is 1. The van der Waals surface area contributed by atoms with Gasteiger partial charge in [-0.25, -0.2) is 0 Å². The molecule has 96 valence electrons. The Hall–Kier alpha value is -1.06. The molecule has 0 heterocycles. The van der Waals surface area contributed by atoms with E-state index in [1.54, 1.807) is 0 Å². The summed E-state index contributed by atoms with van der Waals surface area (Å²) in [5, 5.41) is 3.46. The Kier molecular flexibility index (Phi) is 6.67. The molecule has 0 amide bonds. The first-order chi connectivity index (χ1) is 8.31. The van der Waals surface area contributed by atoms with E-state index in [0.29, 0.717) is 0 Å². The van der Waals surface area contributed by atoms with Crippen LogP contribution >= 0.6 is 0 Å². The summed E-state index contributed by atoms with van der Waals surface area (Å²) in [5.41, 5.74) is 8.12. The van der Waals surface area contributed by atoms with Crippen molar-refractivity contribution in [3.05, 3.63) is 29.8 Å². The van der Waals surface area contributed by atoms with Crippen molar-refractivity contribution in [3.63, 3.8) is 0 Å². The first-order valence-electron chi connectivity index (χ1n) is 6.56. The third-order valence-corrected chi connectivity index (χ3v) is 3.00. The van der Waals surface area contributed by atoms with Crippen LogP contribution in [0.4, 0.5) is 5.69 Å². The van der Waals surface area contributed by atoms with E-state index >= 15 is 0 Å². The van der Waals surface area contributed by atoms with Gasteiger partial charge in [-0.1, -0.05) is 32.0 Å². The second-order valence-corrected chi connectivity index (χ2v) is 4.19. The molecule has 0 aliphatic heterocycles. The molecule has 0 bridgehead atoms. The van der Waals surface area contributed by atoms with Gasteiger partial charge in [-0.3, -0.25) is 4.90 Å². The molecular formula is C14H25N3. The summed E-state index contributed by atoms with van der Waals surface area (Å²) in [4.78, 5) is 2.42. The van der Waals surface area contributed by atoms with Gasteiger partial charge >= 0.3 is 0 Å². The van der Waals surface area contributed by atoms with Crippen LogP contribution in [0.1, 0.15) is 25.8 Å². The first-order valence-corrected chi connectivity index (χ1v) is 6.56. The van der Waals surface area contributed by atoms with Gasteiger partial charge in [0.25, 0.3) is 0 Å². The van der Waals surface area contributed by atoms with E-state index in [4.69, 9.17) is 5.73 Å².